The predicted molar refractivity (Wildman–Crippen MR) is 76.4 cm³/mol. The zero-order valence-electron chi connectivity index (χ0n) is 7.72. The highest BCUT2D eigenvalue weighted by molar-refractivity contribution is 14.1. The fourth-order valence-electron chi connectivity index (χ4n) is 1.40. The van der Waals surface area contributed by atoms with E-state index < -0.39 is 0 Å². The molecule has 0 saturated heterocycles. The lowest BCUT2D eigenvalue weighted by Crippen LogP contribution is -1.90. The molecule has 0 bridgehead atoms. The molecule has 2 aromatic rings. The second kappa shape index (κ2) is 4.55. The highest BCUT2D eigenvalue weighted by Gasteiger charge is 2.12. The first-order valence-corrected chi connectivity index (χ1v) is 6.77. The molecule has 1 aromatic carbocycles. The van der Waals surface area contributed by atoms with Crippen LogP contribution in [0.3, 0.4) is 0 Å². The minimum atomic E-state index is 0.812. The summed E-state index contributed by atoms with van der Waals surface area (Å²) in [6.07, 6.45) is 3.67. The maximum absolute atomic E-state index is 5.32. The van der Waals surface area contributed by atoms with E-state index in [9.17, 15) is 0 Å². The van der Waals surface area contributed by atoms with Gasteiger partial charge in [-0.1, -0.05) is 0 Å². The van der Waals surface area contributed by atoms with Gasteiger partial charge in [0.15, 0.2) is 0 Å². The molecule has 0 amide bonds. The monoisotopic (exact) mass is 441 g/mol. The number of nitrogens with zero attached hydrogens (tertiary/aromatic N) is 1. The molecule has 0 aliphatic carbocycles. The number of fused-ring (bicyclic) bond motifs is 1. The van der Waals surface area contributed by atoms with Gasteiger partial charge in [-0.25, -0.2) is 0 Å². The molecule has 2 nitrogen and oxygen atoms in total. The van der Waals surface area contributed by atoms with Crippen molar-refractivity contribution in [2.75, 3.05) is 7.11 Å². The molecule has 0 N–H and O–H groups in total. The summed E-state index contributed by atoms with van der Waals surface area (Å²) < 4.78 is 8.30. The van der Waals surface area contributed by atoms with E-state index in [-0.39, 0.29) is 0 Å². The Morgan fingerprint density at radius 1 is 1.33 bits per heavy atom. The number of hydrogen-bond donors (Lipinski definition) is 0. The van der Waals surface area contributed by atoms with Crippen LogP contribution in [-0.4, -0.2) is 12.1 Å². The average Bonchev–Trinajstić information content (AvgIpc) is 2.17. The number of ether oxygens (including phenoxy) is 1. The quantitative estimate of drug-likeness (QED) is 0.612. The van der Waals surface area contributed by atoms with Gasteiger partial charge < -0.3 is 4.74 Å². The summed E-state index contributed by atoms with van der Waals surface area (Å²) in [5.41, 5.74) is 0. The molecule has 0 aliphatic heterocycles. The van der Waals surface area contributed by atoms with Crippen molar-refractivity contribution in [3.8, 4) is 5.75 Å². The molecule has 2 rings (SSSR count). The van der Waals surface area contributed by atoms with Gasteiger partial charge in [-0.15, -0.1) is 0 Å². The van der Waals surface area contributed by atoms with Crippen molar-refractivity contribution in [2.45, 2.75) is 0 Å². The van der Waals surface area contributed by atoms with E-state index in [1.807, 2.05) is 18.5 Å². The highest BCUT2D eigenvalue weighted by Crippen LogP contribution is 2.40. The Morgan fingerprint density at radius 3 is 2.73 bits per heavy atom. The molecule has 1 heterocycles. The summed E-state index contributed by atoms with van der Waals surface area (Å²) in [6, 6.07) is 2.01. The third-order valence-electron chi connectivity index (χ3n) is 2.05. The third-order valence-corrected chi connectivity index (χ3v) is 4.21. The van der Waals surface area contributed by atoms with Gasteiger partial charge in [0.05, 0.1) is 16.1 Å². The van der Waals surface area contributed by atoms with Gasteiger partial charge in [-0.2, -0.15) is 0 Å². The first-order valence-electron chi connectivity index (χ1n) is 4.10. The van der Waals surface area contributed by atoms with Crippen LogP contribution < -0.4 is 4.74 Å². The fraction of sp³-hybridized carbons (Fsp3) is 0.100. The smallest absolute Gasteiger partial charge is 0.147 e. The summed E-state index contributed by atoms with van der Waals surface area (Å²) in [4.78, 5) is 4.16. The van der Waals surface area contributed by atoms with Crippen LogP contribution in [0.2, 0.25) is 0 Å². The van der Waals surface area contributed by atoms with Crippen molar-refractivity contribution in [3.05, 3.63) is 31.0 Å². The van der Waals surface area contributed by atoms with E-state index in [0.29, 0.717) is 0 Å². The van der Waals surface area contributed by atoms with Crippen molar-refractivity contribution in [3.63, 3.8) is 0 Å². The Balaban J connectivity index is 2.92. The molecule has 0 atom stereocenters. The normalized spacial score (nSPS) is 10.7. The van der Waals surface area contributed by atoms with Crippen LogP contribution in [0.25, 0.3) is 10.8 Å². The number of aromatic nitrogens is 1. The minimum Gasteiger partial charge on any atom is -0.494 e. The van der Waals surface area contributed by atoms with E-state index in [1.54, 1.807) is 7.11 Å². The molecule has 15 heavy (non-hydrogen) atoms. The Hall–Kier alpha value is 0.120. The predicted octanol–water partition coefficient (Wildman–Crippen LogP) is 4.37. The zero-order valence-corrected chi connectivity index (χ0v) is 13.1. The number of pyridine rings is 1. The number of rotatable bonds is 1. The summed E-state index contributed by atoms with van der Waals surface area (Å²) in [5.74, 6) is 0.812. The van der Waals surface area contributed by atoms with E-state index in [1.165, 1.54) is 0 Å². The van der Waals surface area contributed by atoms with E-state index >= 15 is 0 Å². The van der Waals surface area contributed by atoms with E-state index in [2.05, 4.69) is 59.4 Å². The van der Waals surface area contributed by atoms with Gasteiger partial charge in [0.1, 0.15) is 5.75 Å². The lowest BCUT2D eigenvalue weighted by atomic mass is 10.2. The fourth-order valence-corrected chi connectivity index (χ4v) is 4.20. The number of benzene rings is 1. The van der Waals surface area contributed by atoms with E-state index in [4.69, 9.17) is 4.74 Å². The lowest BCUT2D eigenvalue weighted by Gasteiger charge is -2.10. The van der Waals surface area contributed by atoms with Crippen LogP contribution in [0, 0.1) is 3.57 Å². The van der Waals surface area contributed by atoms with Gasteiger partial charge in [-0.3, -0.25) is 4.98 Å². The minimum absolute atomic E-state index is 0.812. The van der Waals surface area contributed by atoms with Gasteiger partial charge in [0.25, 0.3) is 0 Å². The van der Waals surface area contributed by atoms with Crippen LogP contribution in [0.15, 0.2) is 27.4 Å². The molecule has 0 radical (unpaired) electrons. The maximum Gasteiger partial charge on any atom is 0.147 e. The summed E-state index contributed by atoms with van der Waals surface area (Å²) in [7, 11) is 1.66. The molecule has 78 valence electrons. The Kier molecular flexibility index (Phi) is 3.52. The standard InChI is InChI=1S/C10H6Br2INO/c1-15-10-6(11)2-5-3-14-4-7(13)8(5)9(10)12/h2-4H,1H3. The number of methoxy groups -OCH3 is 1. The SMILES string of the molecule is COc1c(Br)cc2cncc(I)c2c1Br. The number of hydrogen-bond acceptors (Lipinski definition) is 2. The maximum atomic E-state index is 5.32. The Bertz CT molecular complexity index is 530. The summed E-state index contributed by atoms with van der Waals surface area (Å²) >= 11 is 9.29. The summed E-state index contributed by atoms with van der Waals surface area (Å²) in [6.45, 7) is 0. The van der Waals surface area contributed by atoms with Crippen LogP contribution in [0.5, 0.6) is 5.75 Å². The molecule has 0 unspecified atom stereocenters. The van der Waals surface area contributed by atoms with Crippen LogP contribution in [-0.2, 0) is 0 Å². The molecule has 0 fully saturated rings. The van der Waals surface area contributed by atoms with Crippen molar-refractivity contribution in [1.82, 2.24) is 4.98 Å². The first-order chi connectivity index (χ1) is 7.15. The Morgan fingerprint density at radius 2 is 2.07 bits per heavy atom. The van der Waals surface area contributed by atoms with Crippen LogP contribution >= 0.6 is 54.5 Å². The molecule has 0 saturated carbocycles. The molecular formula is C10H6Br2INO. The molecule has 5 heteroatoms. The largest absolute Gasteiger partial charge is 0.494 e. The topological polar surface area (TPSA) is 22.1 Å². The second-order valence-electron chi connectivity index (χ2n) is 2.93. The molecular weight excluding hydrogens is 437 g/mol. The van der Waals surface area contributed by atoms with Crippen molar-refractivity contribution in [2.24, 2.45) is 0 Å². The highest BCUT2D eigenvalue weighted by atomic mass is 127. The van der Waals surface area contributed by atoms with Gasteiger partial charge >= 0.3 is 0 Å². The second-order valence-corrected chi connectivity index (χ2v) is 5.73. The first kappa shape index (κ1) is 11.6. The molecule has 0 aliphatic rings. The average molecular weight is 443 g/mol. The third kappa shape index (κ3) is 2.01. The van der Waals surface area contributed by atoms with Crippen LogP contribution in [0.1, 0.15) is 0 Å². The van der Waals surface area contributed by atoms with Crippen molar-refractivity contribution in [1.29, 1.82) is 0 Å². The van der Waals surface area contributed by atoms with Crippen molar-refractivity contribution >= 4 is 65.2 Å². The summed E-state index contributed by atoms with van der Waals surface area (Å²) in [5, 5.41) is 2.21. The molecule has 1 aromatic heterocycles. The van der Waals surface area contributed by atoms with Gasteiger partial charge in [0.2, 0.25) is 0 Å². The lowest BCUT2D eigenvalue weighted by molar-refractivity contribution is 0.410. The van der Waals surface area contributed by atoms with Crippen molar-refractivity contribution < 1.29 is 4.74 Å². The molecule has 0 spiro atoms. The number of halogens is 3. The van der Waals surface area contributed by atoms with Gasteiger partial charge in [-0.05, 0) is 60.5 Å². The van der Waals surface area contributed by atoms with Gasteiger partial charge in [0, 0.05) is 26.7 Å². The zero-order chi connectivity index (χ0) is 11.0. The van der Waals surface area contributed by atoms with E-state index in [0.717, 1.165) is 29.0 Å². The van der Waals surface area contributed by atoms with Crippen LogP contribution in [0.4, 0.5) is 0 Å². The Labute approximate surface area is 118 Å².